The van der Waals surface area contributed by atoms with Crippen LogP contribution >= 0.6 is 12.2 Å². The lowest BCUT2D eigenvalue weighted by Crippen LogP contribution is -2.34. The van der Waals surface area contributed by atoms with Crippen molar-refractivity contribution < 1.29 is 0 Å². The van der Waals surface area contributed by atoms with Gasteiger partial charge in [0.15, 0.2) is 5.11 Å². The van der Waals surface area contributed by atoms with Crippen molar-refractivity contribution in [1.29, 1.82) is 0 Å². The number of nitrogens with one attached hydrogen (secondary N) is 2. The van der Waals surface area contributed by atoms with Crippen molar-refractivity contribution in [3.63, 3.8) is 0 Å². The van der Waals surface area contributed by atoms with Crippen LogP contribution in [-0.2, 0) is 0 Å². The minimum Gasteiger partial charge on any atom is -0.361 e. The van der Waals surface area contributed by atoms with E-state index in [-0.39, 0.29) is 0 Å². The molecular formula is C15H27N3S. The third-order valence-corrected chi connectivity index (χ3v) is 4.74. The van der Waals surface area contributed by atoms with Crippen molar-refractivity contribution in [1.82, 2.24) is 10.7 Å². The summed E-state index contributed by atoms with van der Waals surface area (Å²) in [5.74, 6) is 1.87. The van der Waals surface area contributed by atoms with Gasteiger partial charge in [0.1, 0.15) is 0 Å². The second kappa shape index (κ2) is 7.83. The molecule has 0 heterocycles. The van der Waals surface area contributed by atoms with Gasteiger partial charge >= 0.3 is 0 Å². The van der Waals surface area contributed by atoms with Crippen LogP contribution in [0.3, 0.4) is 0 Å². The SMILES string of the molecule is CCCCNC(=S)N/N=C1/CC[C@H]2CCCC[C@H]2C1. The fourth-order valence-electron chi connectivity index (χ4n) is 3.34. The molecule has 19 heavy (non-hydrogen) atoms. The predicted molar refractivity (Wildman–Crippen MR) is 85.4 cm³/mol. The first kappa shape index (κ1) is 14.8. The van der Waals surface area contributed by atoms with Crippen LogP contribution in [0.15, 0.2) is 5.10 Å². The average molecular weight is 281 g/mol. The lowest BCUT2D eigenvalue weighted by Gasteiger charge is -2.35. The highest BCUT2D eigenvalue weighted by atomic mass is 32.1. The largest absolute Gasteiger partial charge is 0.361 e. The van der Waals surface area contributed by atoms with Gasteiger partial charge in [-0.25, -0.2) is 0 Å². The molecule has 0 saturated heterocycles. The molecule has 2 N–H and O–H groups in total. The van der Waals surface area contributed by atoms with Gasteiger partial charge in [-0.3, -0.25) is 5.43 Å². The molecule has 0 spiro atoms. The number of hydrogen-bond donors (Lipinski definition) is 2. The van der Waals surface area contributed by atoms with E-state index in [4.69, 9.17) is 12.2 Å². The molecule has 0 aromatic carbocycles. The van der Waals surface area contributed by atoms with Gasteiger partial charge in [0.25, 0.3) is 0 Å². The standard InChI is InChI=1S/C15H27N3S/c1-2-3-10-16-15(19)18-17-14-9-8-12-6-4-5-7-13(12)11-14/h12-13H,2-11H2,1H3,(H2,16,18,19)/b17-14-/t12-,13+/m1/s1. The van der Waals surface area contributed by atoms with E-state index in [1.807, 2.05) is 0 Å². The van der Waals surface area contributed by atoms with Gasteiger partial charge < -0.3 is 5.32 Å². The summed E-state index contributed by atoms with van der Waals surface area (Å²) < 4.78 is 0. The molecule has 4 heteroatoms. The summed E-state index contributed by atoms with van der Waals surface area (Å²) >= 11 is 5.22. The van der Waals surface area contributed by atoms with Crippen LogP contribution in [-0.4, -0.2) is 17.4 Å². The fourth-order valence-corrected chi connectivity index (χ4v) is 3.49. The van der Waals surface area contributed by atoms with Crippen molar-refractivity contribution in [2.75, 3.05) is 6.54 Å². The van der Waals surface area contributed by atoms with Crippen LogP contribution in [0.25, 0.3) is 0 Å². The van der Waals surface area contributed by atoms with Crippen LogP contribution in [0.4, 0.5) is 0 Å². The number of fused-ring (bicyclic) bond motifs is 1. The predicted octanol–water partition coefficient (Wildman–Crippen LogP) is 3.60. The summed E-state index contributed by atoms with van der Waals surface area (Å²) in [7, 11) is 0. The van der Waals surface area contributed by atoms with Gasteiger partial charge in [-0.2, -0.15) is 5.10 Å². The second-order valence-electron chi connectivity index (χ2n) is 5.95. The molecule has 2 saturated carbocycles. The Morgan fingerprint density at radius 2 is 2.05 bits per heavy atom. The molecule has 0 radical (unpaired) electrons. The molecule has 2 atom stereocenters. The molecule has 2 aliphatic carbocycles. The van der Waals surface area contributed by atoms with E-state index in [0.29, 0.717) is 5.11 Å². The first-order valence-corrected chi connectivity index (χ1v) is 8.29. The molecule has 3 nitrogen and oxygen atoms in total. The third kappa shape index (κ3) is 4.75. The highest BCUT2D eigenvalue weighted by Gasteiger charge is 2.30. The molecular weight excluding hydrogens is 254 g/mol. The van der Waals surface area contributed by atoms with E-state index in [9.17, 15) is 0 Å². The van der Waals surface area contributed by atoms with Crippen LogP contribution < -0.4 is 10.7 Å². The summed E-state index contributed by atoms with van der Waals surface area (Å²) in [6.07, 6.45) is 11.7. The Morgan fingerprint density at radius 3 is 2.84 bits per heavy atom. The lowest BCUT2D eigenvalue weighted by molar-refractivity contribution is 0.218. The van der Waals surface area contributed by atoms with Crippen molar-refractivity contribution in [3.8, 4) is 0 Å². The number of hydrazone groups is 1. The zero-order chi connectivity index (χ0) is 13.5. The Labute approximate surface area is 122 Å². The first-order valence-electron chi connectivity index (χ1n) is 7.89. The molecule has 0 unspecified atom stereocenters. The average Bonchev–Trinajstić information content (AvgIpc) is 2.45. The molecule has 0 bridgehead atoms. The Morgan fingerprint density at radius 1 is 1.26 bits per heavy atom. The Bertz CT molecular complexity index is 327. The topological polar surface area (TPSA) is 36.4 Å². The molecule has 0 aromatic rings. The zero-order valence-corrected chi connectivity index (χ0v) is 12.9. The fraction of sp³-hybridized carbons (Fsp3) is 0.867. The summed E-state index contributed by atoms with van der Waals surface area (Å²) in [4.78, 5) is 0. The van der Waals surface area contributed by atoms with Crippen molar-refractivity contribution in [2.45, 2.75) is 64.7 Å². The van der Waals surface area contributed by atoms with E-state index < -0.39 is 0 Å². The van der Waals surface area contributed by atoms with E-state index in [0.717, 1.165) is 31.2 Å². The molecule has 2 aliphatic rings. The maximum Gasteiger partial charge on any atom is 0.186 e. The minimum absolute atomic E-state index is 0.673. The number of unbranched alkanes of at least 4 members (excludes halogenated alkanes) is 1. The second-order valence-corrected chi connectivity index (χ2v) is 6.35. The Kier molecular flexibility index (Phi) is 6.08. The number of nitrogens with zero attached hydrogens (tertiary/aromatic N) is 1. The first-order chi connectivity index (χ1) is 9.29. The smallest absolute Gasteiger partial charge is 0.186 e. The van der Waals surface area contributed by atoms with Crippen LogP contribution in [0.2, 0.25) is 0 Å². The summed E-state index contributed by atoms with van der Waals surface area (Å²) in [5.41, 5.74) is 4.34. The molecule has 2 rings (SSSR count). The maximum atomic E-state index is 5.22. The minimum atomic E-state index is 0.673. The van der Waals surface area contributed by atoms with Gasteiger partial charge in [0.2, 0.25) is 0 Å². The van der Waals surface area contributed by atoms with Crippen LogP contribution in [0.5, 0.6) is 0 Å². The normalized spacial score (nSPS) is 28.8. The van der Waals surface area contributed by atoms with Gasteiger partial charge in [0, 0.05) is 12.3 Å². The maximum absolute atomic E-state index is 5.22. The van der Waals surface area contributed by atoms with E-state index >= 15 is 0 Å². The van der Waals surface area contributed by atoms with Gasteiger partial charge in [0.05, 0.1) is 0 Å². The van der Waals surface area contributed by atoms with Gasteiger partial charge in [-0.15, -0.1) is 0 Å². The molecule has 108 valence electrons. The molecule has 2 fully saturated rings. The Balaban J connectivity index is 1.72. The van der Waals surface area contributed by atoms with Crippen LogP contribution in [0, 0.1) is 11.8 Å². The van der Waals surface area contributed by atoms with Crippen molar-refractivity contribution in [2.24, 2.45) is 16.9 Å². The monoisotopic (exact) mass is 281 g/mol. The Hall–Kier alpha value is -0.640. The molecule has 0 aromatic heterocycles. The van der Waals surface area contributed by atoms with E-state index in [1.165, 1.54) is 50.7 Å². The van der Waals surface area contributed by atoms with Gasteiger partial charge in [-0.1, -0.05) is 32.6 Å². The van der Waals surface area contributed by atoms with E-state index in [1.54, 1.807) is 0 Å². The lowest BCUT2D eigenvalue weighted by atomic mass is 9.70. The van der Waals surface area contributed by atoms with Crippen LogP contribution in [0.1, 0.15) is 64.7 Å². The molecule has 0 aliphatic heterocycles. The summed E-state index contributed by atoms with van der Waals surface area (Å²) in [5, 5.41) is 8.38. The quantitative estimate of drug-likeness (QED) is 0.469. The molecule has 0 amide bonds. The van der Waals surface area contributed by atoms with Gasteiger partial charge in [-0.05, 0) is 56.2 Å². The highest BCUT2D eigenvalue weighted by molar-refractivity contribution is 7.80. The summed E-state index contributed by atoms with van der Waals surface area (Å²) in [6.45, 7) is 3.12. The third-order valence-electron chi connectivity index (χ3n) is 4.50. The number of thiocarbonyl (C=S) groups is 1. The number of rotatable bonds is 4. The number of hydrogen-bond acceptors (Lipinski definition) is 2. The van der Waals surface area contributed by atoms with Crippen molar-refractivity contribution >= 4 is 23.0 Å². The van der Waals surface area contributed by atoms with E-state index in [2.05, 4.69) is 22.8 Å². The zero-order valence-electron chi connectivity index (χ0n) is 12.1. The summed E-state index contributed by atoms with van der Waals surface area (Å²) in [6, 6.07) is 0. The van der Waals surface area contributed by atoms with Crippen molar-refractivity contribution in [3.05, 3.63) is 0 Å². The highest BCUT2D eigenvalue weighted by Crippen LogP contribution is 2.39.